The molecule has 1 aromatic heterocycles. The van der Waals surface area contributed by atoms with E-state index in [1.807, 2.05) is 6.92 Å². The molecule has 2 aromatic rings. The van der Waals surface area contributed by atoms with E-state index in [1.165, 1.54) is 18.2 Å². The molecule has 3 rings (SSSR count). The van der Waals surface area contributed by atoms with Crippen LogP contribution in [0.15, 0.2) is 24.4 Å². The van der Waals surface area contributed by atoms with Crippen molar-refractivity contribution in [2.24, 2.45) is 5.92 Å². The highest BCUT2D eigenvalue weighted by atomic mass is 19.1. The van der Waals surface area contributed by atoms with Gasteiger partial charge in [0, 0.05) is 12.1 Å². The first-order valence-corrected chi connectivity index (χ1v) is 7.93. The fraction of sp³-hybridized carbons (Fsp3) is 0.471. The highest BCUT2D eigenvalue weighted by Gasteiger charge is 2.24. The molecule has 0 spiro atoms. The van der Waals surface area contributed by atoms with Gasteiger partial charge in [0.2, 0.25) is 0 Å². The lowest BCUT2D eigenvalue weighted by Crippen LogP contribution is -2.36. The maximum absolute atomic E-state index is 14.0. The Bertz CT molecular complexity index is 643. The van der Waals surface area contributed by atoms with Crippen LogP contribution < -0.4 is 0 Å². The van der Waals surface area contributed by atoms with Gasteiger partial charge in [-0.15, -0.1) is 0 Å². The minimum absolute atomic E-state index is 0.0566. The van der Waals surface area contributed by atoms with Crippen LogP contribution in [0.4, 0.5) is 8.78 Å². The van der Waals surface area contributed by atoms with Crippen LogP contribution in [0.5, 0.6) is 0 Å². The van der Waals surface area contributed by atoms with Gasteiger partial charge in [0.1, 0.15) is 11.6 Å². The number of aliphatic hydroxyl groups excluding tert-OH is 1. The summed E-state index contributed by atoms with van der Waals surface area (Å²) < 4.78 is 28.0. The summed E-state index contributed by atoms with van der Waals surface area (Å²) >= 11 is 0. The molecular weight excluding hydrogens is 300 g/mol. The average molecular weight is 321 g/mol. The van der Waals surface area contributed by atoms with Crippen LogP contribution in [-0.4, -0.2) is 39.4 Å². The predicted molar refractivity (Wildman–Crippen MR) is 83.6 cm³/mol. The molecule has 23 heavy (non-hydrogen) atoms. The molecule has 1 aliphatic heterocycles. The summed E-state index contributed by atoms with van der Waals surface area (Å²) in [7, 11) is 0. The third-order valence-electron chi connectivity index (χ3n) is 4.64. The molecule has 2 N–H and O–H groups in total. The SMILES string of the molecule is CC(O)C1CCN(Cc2cn[nH]c2-c2c(F)cccc2F)CC1. The molecular formula is C17H21F2N3O. The van der Waals surface area contributed by atoms with Crippen LogP contribution in [0.3, 0.4) is 0 Å². The third-order valence-corrected chi connectivity index (χ3v) is 4.64. The zero-order valence-electron chi connectivity index (χ0n) is 13.1. The van der Waals surface area contributed by atoms with Crippen LogP contribution in [0, 0.1) is 17.6 Å². The summed E-state index contributed by atoms with van der Waals surface area (Å²) in [5.41, 5.74) is 1.13. The van der Waals surface area contributed by atoms with Gasteiger partial charge in [-0.2, -0.15) is 5.10 Å². The number of hydrogen-bond acceptors (Lipinski definition) is 3. The van der Waals surface area contributed by atoms with Gasteiger partial charge in [-0.1, -0.05) is 6.07 Å². The number of H-pyrrole nitrogens is 1. The second-order valence-electron chi connectivity index (χ2n) is 6.22. The molecule has 1 aliphatic rings. The van der Waals surface area contributed by atoms with E-state index in [4.69, 9.17) is 0 Å². The third kappa shape index (κ3) is 3.43. The molecule has 2 heterocycles. The maximum atomic E-state index is 14.0. The van der Waals surface area contributed by atoms with E-state index >= 15 is 0 Å². The molecule has 1 fully saturated rings. The van der Waals surface area contributed by atoms with E-state index < -0.39 is 11.6 Å². The topological polar surface area (TPSA) is 52.1 Å². The molecule has 1 atom stereocenters. The summed E-state index contributed by atoms with van der Waals surface area (Å²) in [5.74, 6) is -0.856. The summed E-state index contributed by atoms with van der Waals surface area (Å²) in [4.78, 5) is 2.23. The fourth-order valence-corrected chi connectivity index (χ4v) is 3.22. The molecule has 0 bridgehead atoms. The van der Waals surface area contributed by atoms with E-state index in [2.05, 4.69) is 15.1 Å². The molecule has 0 amide bonds. The molecule has 0 saturated carbocycles. The second kappa shape index (κ2) is 6.76. The summed E-state index contributed by atoms with van der Waals surface area (Å²) in [5, 5.41) is 16.3. The van der Waals surface area contributed by atoms with Gasteiger partial charge in [-0.25, -0.2) is 8.78 Å². The van der Waals surface area contributed by atoms with E-state index in [1.54, 1.807) is 6.20 Å². The van der Waals surface area contributed by atoms with Crippen molar-refractivity contribution in [2.45, 2.75) is 32.4 Å². The largest absolute Gasteiger partial charge is 0.393 e. The monoisotopic (exact) mass is 321 g/mol. The van der Waals surface area contributed by atoms with Gasteiger partial charge < -0.3 is 5.11 Å². The van der Waals surface area contributed by atoms with Gasteiger partial charge in [0.25, 0.3) is 0 Å². The second-order valence-corrected chi connectivity index (χ2v) is 6.22. The quantitative estimate of drug-likeness (QED) is 0.910. The highest BCUT2D eigenvalue weighted by molar-refractivity contribution is 5.64. The standard InChI is InChI=1S/C17H21F2N3O/c1-11(23)12-5-7-22(8-6-12)10-13-9-20-21-17(13)16-14(18)3-2-4-15(16)19/h2-4,9,11-12,23H,5-8,10H2,1H3,(H,20,21). The number of piperidine rings is 1. The minimum atomic E-state index is -0.594. The summed E-state index contributed by atoms with van der Waals surface area (Å²) in [6, 6.07) is 3.85. The smallest absolute Gasteiger partial charge is 0.135 e. The number of likely N-dealkylation sites (tertiary alicyclic amines) is 1. The summed E-state index contributed by atoms with van der Waals surface area (Å²) in [6.07, 6.45) is 3.20. The Hall–Kier alpha value is -1.79. The molecule has 0 radical (unpaired) electrons. The van der Waals surface area contributed by atoms with E-state index in [0.29, 0.717) is 18.2 Å². The van der Waals surface area contributed by atoms with Gasteiger partial charge >= 0.3 is 0 Å². The van der Waals surface area contributed by atoms with Crippen LogP contribution in [-0.2, 0) is 6.54 Å². The van der Waals surface area contributed by atoms with E-state index in [-0.39, 0.29) is 11.7 Å². The number of aliphatic hydroxyl groups is 1. The van der Waals surface area contributed by atoms with E-state index in [0.717, 1.165) is 31.5 Å². The van der Waals surface area contributed by atoms with Crippen molar-refractivity contribution in [1.82, 2.24) is 15.1 Å². The number of hydrogen-bond donors (Lipinski definition) is 2. The van der Waals surface area contributed by atoms with Crippen LogP contribution >= 0.6 is 0 Å². The zero-order chi connectivity index (χ0) is 16.4. The molecule has 1 aromatic carbocycles. The highest BCUT2D eigenvalue weighted by Crippen LogP contribution is 2.29. The van der Waals surface area contributed by atoms with Gasteiger partial charge in [-0.05, 0) is 50.9 Å². The van der Waals surface area contributed by atoms with Gasteiger partial charge in [0.05, 0.1) is 23.6 Å². The van der Waals surface area contributed by atoms with Crippen molar-refractivity contribution in [2.75, 3.05) is 13.1 Å². The lowest BCUT2D eigenvalue weighted by Gasteiger charge is -2.33. The van der Waals surface area contributed by atoms with Crippen molar-refractivity contribution >= 4 is 0 Å². The van der Waals surface area contributed by atoms with Crippen molar-refractivity contribution in [1.29, 1.82) is 0 Å². The summed E-state index contributed by atoms with van der Waals surface area (Å²) in [6.45, 7) is 4.14. The molecule has 0 aliphatic carbocycles. The zero-order valence-corrected chi connectivity index (χ0v) is 13.1. The Balaban J connectivity index is 1.75. The Morgan fingerprint density at radius 3 is 2.57 bits per heavy atom. The Kier molecular flexibility index (Phi) is 4.73. The maximum Gasteiger partial charge on any atom is 0.135 e. The number of nitrogens with one attached hydrogen (secondary N) is 1. The van der Waals surface area contributed by atoms with Gasteiger partial charge in [0.15, 0.2) is 0 Å². The van der Waals surface area contributed by atoms with E-state index in [9.17, 15) is 13.9 Å². The Morgan fingerprint density at radius 2 is 1.96 bits per heavy atom. The number of rotatable bonds is 4. The molecule has 1 saturated heterocycles. The first-order chi connectivity index (χ1) is 11.1. The van der Waals surface area contributed by atoms with Gasteiger partial charge in [-0.3, -0.25) is 10.00 Å². The molecule has 6 heteroatoms. The number of halogens is 2. The van der Waals surface area contributed by atoms with Crippen LogP contribution in [0.25, 0.3) is 11.3 Å². The van der Waals surface area contributed by atoms with Crippen LogP contribution in [0.2, 0.25) is 0 Å². The van der Waals surface area contributed by atoms with Crippen molar-refractivity contribution < 1.29 is 13.9 Å². The fourth-order valence-electron chi connectivity index (χ4n) is 3.22. The van der Waals surface area contributed by atoms with Crippen molar-refractivity contribution in [3.05, 3.63) is 41.6 Å². The first-order valence-electron chi connectivity index (χ1n) is 7.93. The first kappa shape index (κ1) is 16.1. The molecule has 4 nitrogen and oxygen atoms in total. The lowest BCUT2D eigenvalue weighted by atomic mass is 9.92. The Labute approximate surface area is 134 Å². The lowest BCUT2D eigenvalue weighted by molar-refractivity contribution is 0.0696. The number of nitrogens with zero attached hydrogens (tertiary/aromatic N) is 2. The number of aromatic nitrogens is 2. The predicted octanol–water partition coefficient (Wildman–Crippen LogP) is 2.95. The van der Waals surface area contributed by atoms with Crippen LogP contribution in [0.1, 0.15) is 25.3 Å². The number of benzene rings is 1. The Morgan fingerprint density at radius 1 is 1.30 bits per heavy atom. The number of aromatic amines is 1. The molecule has 1 unspecified atom stereocenters. The minimum Gasteiger partial charge on any atom is -0.393 e. The normalized spacial score (nSPS) is 18.3. The molecule has 124 valence electrons. The van der Waals surface area contributed by atoms with Crippen molar-refractivity contribution in [3.8, 4) is 11.3 Å². The van der Waals surface area contributed by atoms with Crippen molar-refractivity contribution in [3.63, 3.8) is 0 Å². The average Bonchev–Trinajstić information content (AvgIpc) is 2.95.